The van der Waals surface area contributed by atoms with Crippen LogP contribution in [0, 0.1) is 0 Å². The molecule has 1 aliphatic rings. The van der Waals surface area contributed by atoms with Gasteiger partial charge in [0.2, 0.25) is 0 Å². The molecule has 0 spiro atoms. The van der Waals surface area contributed by atoms with Crippen LogP contribution in [-0.4, -0.2) is 23.4 Å². The summed E-state index contributed by atoms with van der Waals surface area (Å²) < 4.78 is 0. The maximum atomic E-state index is 5.71. The average molecular weight is 184 g/mol. The van der Waals surface area contributed by atoms with E-state index in [0.29, 0.717) is 6.04 Å². The van der Waals surface area contributed by atoms with E-state index in [1.165, 1.54) is 5.57 Å². The van der Waals surface area contributed by atoms with E-state index in [9.17, 15) is 0 Å². The monoisotopic (exact) mass is 184 g/mol. The summed E-state index contributed by atoms with van der Waals surface area (Å²) in [4.78, 5) is 4.43. The van der Waals surface area contributed by atoms with Crippen molar-refractivity contribution in [1.29, 1.82) is 0 Å². The van der Waals surface area contributed by atoms with Crippen LogP contribution < -0.4 is 5.73 Å². The van der Waals surface area contributed by atoms with Gasteiger partial charge in [0.1, 0.15) is 0 Å². The zero-order valence-electron chi connectivity index (χ0n) is 7.55. The van der Waals surface area contributed by atoms with Gasteiger partial charge in [0, 0.05) is 17.9 Å². The van der Waals surface area contributed by atoms with E-state index in [4.69, 9.17) is 5.73 Å². The molecule has 1 rings (SSSR count). The highest BCUT2D eigenvalue weighted by atomic mass is 32.2. The van der Waals surface area contributed by atoms with E-state index in [-0.39, 0.29) is 0 Å². The highest BCUT2D eigenvalue weighted by Crippen LogP contribution is 2.16. The normalized spacial score (nSPS) is 24.4. The molecule has 0 radical (unpaired) electrons. The Morgan fingerprint density at radius 3 is 3.25 bits per heavy atom. The standard InChI is InChI=1S/C9H16N2S/c1-7(2)5-8-6-12-4-3-9(10)11-8/h8H,1,3-6H2,2H3,(H2,10,11). The van der Waals surface area contributed by atoms with Crippen LogP contribution in [0.2, 0.25) is 0 Å². The third-order valence-electron chi connectivity index (χ3n) is 1.75. The zero-order valence-corrected chi connectivity index (χ0v) is 8.36. The molecule has 0 saturated carbocycles. The molecule has 1 unspecified atom stereocenters. The Morgan fingerprint density at radius 1 is 1.83 bits per heavy atom. The Labute approximate surface area is 78.3 Å². The van der Waals surface area contributed by atoms with Gasteiger partial charge in [-0.2, -0.15) is 11.8 Å². The SMILES string of the molecule is C=C(C)CC1CSCCC(N)=N1. The van der Waals surface area contributed by atoms with Gasteiger partial charge in [-0.1, -0.05) is 5.57 Å². The molecule has 0 amide bonds. The minimum absolute atomic E-state index is 0.370. The quantitative estimate of drug-likeness (QED) is 0.665. The molecular weight excluding hydrogens is 168 g/mol. The molecule has 0 aromatic rings. The molecule has 12 heavy (non-hydrogen) atoms. The molecule has 1 atom stereocenters. The van der Waals surface area contributed by atoms with Crippen molar-refractivity contribution in [3.8, 4) is 0 Å². The summed E-state index contributed by atoms with van der Waals surface area (Å²) in [6.45, 7) is 5.93. The van der Waals surface area contributed by atoms with Crippen molar-refractivity contribution >= 4 is 17.6 Å². The molecule has 2 N–H and O–H groups in total. The maximum absolute atomic E-state index is 5.71. The van der Waals surface area contributed by atoms with Gasteiger partial charge in [-0.05, 0) is 13.3 Å². The van der Waals surface area contributed by atoms with Crippen LogP contribution in [0.1, 0.15) is 19.8 Å². The molecule has 0 aromatic carbocycles. The molecular formula is C9H16N2S. The number of nitrogens with two attached hydrogens (primary N) is 1. The van der Waals surface area contributed by atoms with Gasteiger partial charge in [0.15, 0.2) is 0 Å². The van der Waals surface area contributed by atoms with E-state index in [1.807, 2.05) is 18.7 Å². The van der Waals surface area contributed by atoms with Crippen molar-refractivity contribution < 1.29 is 0 Å². The molecule has 0 aromatic heterocycles. The van der Waals surface area contributed by atoms with Gasteiger partial charge in [-0.15, -0.1) is 6.58 Å². The van der Waals surface area contributed by atoms with Gasteiger partial charge in [-0.25, -0.2) is 0 Å². The van der Waals surface area contributed by atoms with Crippen molar-refractivity contribution in [2.24, 2.45) is 10.7 Å². The third kappa shape index (κ3) is 3.30. The van der Waals surface area contributed by atoms with Crippen LogP contribution in [-0.2, 0) is 0 Å². The Kier molecular flexibility index (Phi) is 3.66. The summed E-state index contributed by atoms with van der Waals surface area (Å²) in [5.74, 6) is 3.02. The summed E-state index contributed by atoms with van der Waals surface area (Å²) in [7, 11) is 0. The van der Waals surface area contributed by atoms with Crippen LogP contribution >= 0.6 is 11.8 Å². The third-order valence-corrected chi connectivity index (χ3v) is 2.86. The van der Waals surface area contributed by atoms with Crippen LogP contribution in [0.3, 0.4) is 0 Å². The van der Waals surface area contributed by atoms with Crippen molar-refractivity contribution in [2.45, 2.75) is 25.8 Å². The summed E-state index contributed by atoms with van der Waals surface area (Å²) in [6.07, 6.45) is 1.92. The molecule has 1 aliphatic heterocycles. The Hall–Kier alpha value is -0.440. The largest absolute Gasteiger partial charge is 0.387 e. The fraction of sp³-hybridized carbons (Fsp3) is 0.667. The molecule has 0 fully saturated rings. The zero-order chi connectivity index (χ0) is 8.97. The molecule has 2 nitrogen and oxygen atoms in total. The van der Waals surface area contributed by atoms with Crippen LogP contribution in [0.15, 0.2) is 17.1 Å². The molecule has 0 aliphatic carbocycles. The fourth-order valence-electron chi connectivity index (χ4n) is 1.24. The minimum Gasteiger partial charge on any atom is -0.387 e. The Bertz CT molecular complexity index is 199. The molecule has 3 heteroatoms. The van der Waals surface area contributed by atoms with Crippen molar-refractivity contribution in [3.63, 3.8) is 0 Å². The molecule has 0 bridgehead atoms. The van der Waals surface area contributed by atoms with Crippen LogP contribution in [0.4, 0.5) is 0 Å². The second kappa shape index (κ2) is 4.55. The van der Waals surface area contributed by atoms with E-state index in [0.717, 1.165) is 30.2 Å². The molecule has 0 saturated heterocycles. The average Bonchev–Trinajstić information content (AvgIpc) is 2.12. The maximum Gasteiger partial charge on any atom is 0.0949 e. The van der Waals surface area contributed by atoms with E-state index < -0.39 is 0 Å². The lowest BCUT2D eigenvalue weighted by Crippen LogP contribution is -2.15. The number of thioether (sulfide) groups is 1. The van der Waals surface area contributed by atoms with Crippen molar-refractivity contribution in [3.05, 3.63) is 12.2 Å². The highest BCUT2D eigenvalue weighted by molar-refractivity contribution is 7.99. The first-order chi connectivity index (χ1) is 5.68. The van der Waals surface area contributed by atoms with Crippen LogP contribution in [0.25, 0.3) is 0 Å². The van der Waals surface area contributed by atoms with Gasteiger partial charge < -0.3 is 5.73 Å². The lowest BCUT2D eigenvalue weighted by atomic mass is 10.1. The minimum atomic E-state index is 0.370. The highest BCUT2D eigenvalue weighted by Gasteiger charge is 2.11. The lowest BCUT2D eigenvalue weighted by Gasteiger charge is -2.09. The second-order valence-electron chi connectivity index (χ2n) is 3.26. The molecule has 1 heterocycles. The summed E-state index contributed by atoms with van der Waals surface area (Å²) >= 11 is 1.93. The first-order valence-corrected chi connectivity index (χ1v) is 5.38. The predicted molar refractivity (Wildman–Crippen MR) is 56.8 cm³/mol. The summed E-state index contributed by atoms with van der Waals surface area (Å²) in [6, 6.07) is 0.370. The van der Waals surface area contributed by atoms with E-state index >= 15 is 0 Å². The number of aliphatic imine (C=N–C) groups is 1. The summed E-state index contributed by atoms with van der Waals surface area (Å²) in [5.41, 5.74) is 6.90. The number of rotatable bonds is 2. The van der Waals surface area contributed by atoms with E-state index in [2.05, 4.69) is 11.6 Å². The van der Waals surface area contributed by atoms with Crippen molar-refractivity contribution in [1.82, 2.24) is 0 Å². The van der Waals surface area contributed by atoms with E-state index in [1.54, 1.807) is 0 Å². The molecule has 68 valence electrons. The predicted octanol–water partition coefficient (Wildman–Crippen LogP) is 1.82. The van der Waals surface area contributed by atoms with Crippen molar-refractivity contribution in [2.75, 3.05) is 11.5 Å². The number of amidine groups is 1. The van der Waals surface area contributed by atoms with Crippen LogP contribution in [0.5, 0.6) is 0 Å². The lowest BCUT2D eigenvalue weighted by molar-refractivity contribution is 0.746. The smallest absolute Gasteiger partial charge is 0.0949 e. The second-order valence-corrected chi connectivity index (χ2v) is 4.41. The van der Waals surface area contributed by atoms with Gasteiger partial charge in [0.25, 0.3) is 0 Å². The number of hydrogen-bond acceptors (Lipinski definition) is 3. The Morgan fingerprint density at radius 2 is 2.58 bits per heavy atom. The van der Waals surface area contributed by atoms with Gasteiger partial charge >= 0.3 is 0 Å². The summed E-state index contributed by atoms with van der Waals surface area (Å²) in [5, 5.41) is 0. The fourth-order valence-corrected chi connectivity index (χ4v) is 2.22. The van der Waals surface area contributed by atoms with Gasteiger partial charge in [0.05, 0.1) is 11.9 Å². The topological polar surface area (TPSA) is 38.4 Å². The first-order valence-electron chi connectivity index (χ1n) is 4.22. The number of nitrogens with zero attached hydrogens (tertiary/aromatic N) is 1. The number of hydrogen-bond donors (Lipinski definition) is 1. The van der Waals surface area contributed by atoms with Gasteiger partial charge in [-0.3, -0.25) is 4.99 Å². The Balaban J connectivity index is 2.50. The first kappa shape index (κ1) is 9.65.